The van der Waals surface area contributed by atoms with Crippen molar-refractivity contribution < 1.29 is 17.5 Å². The number of aromatic nitrogens is 1. The van der Waals surface area contributed by atoms with Crippen molar-refractivity contribution in [1.82, 2.24) is 4.57 Å². The molecule has 0 saturated carbocycles. The smallest absolute Gasteiger partial charge is 0.285 e. The number of benzene rings is 2. The molecule has 3 rings (SSSR count). The Morgan fingerprint density at radius 1 is 1.19 bits per heavy atom. The first-order valence-electron chi connectivity index (χ1n) is 8.15. The van der Waals surface area contributed by atoms with Gasteiger partial charge in [0.2, 0.25) is 4.80 Å². The number of nitrogens with zero attached hydrogens (tertiary/aromatic N) is 2. The van der Waals surface area contributed by atoms with Gasteiger partial charge in [-0.2, -0.15) is 8.42 Å². The van der Waals surface area contributed by atoms with Crippen LogP contribution in [0.4, 0.5) is 4.39 Å². The van der Waals surface area contributed by atoms with Crippen molar-refractivity contribution in [2.45, 2.75) is 25.3 Å². The van der Waals surface area contributed by atoms with Crippen LogP contribution in [0.25, 0.3) is 10.2 Å². The lowest BCUT2D eigenvalue weighted by Gasteiger charge is -2.06. The summed E-state index contributed by atoms with van der Waals surface area (Å²) in [5, 5.41) is 0. The number of hydrogen-bond donors (Lipinski definition) is 0. The Morgan fingerprint density at radius 3 is 2.62 bits per heavy atom. The van der Waals surface area contributed by atoms with Crippen molar-refractivity contribution in [3.05, 3.63) is 58.6 Å². The average Bonchev–Trinajstić information content (AvgIpc) is 2.91. The molecule has 0 radical (unpaired) electrons. The van der Waals surface area contributed by atoms with E-state index in [9.17, 15) is 12.8 Å². The molecule has 0 N–H and O–H groups in total. The van der Waals surface area contributed by atoms with Crippen molar-refractivity contribution in [3.8, 4) is 0 Å². The zero-order chi connectivity index (χ0) is 18.7. The minimum atomic E-state index is -3.93. The van der Waals surface area contributed by atoms with Crippen molar-refractivity contribution >= 4 is 31.6 Å². The number of aryl methyl sites for hydroxylation is 1. The highest BCUT2D eigenvalue weighted by atomic mass is 32.2. The van der Waals surface area contributed by atoms with Gasteiger partial charge in [0, 0.05) is 13.2 Å². The van der Waals surface area contributed by atoms with E-state index in [-0.39, 0.29) is 4.90 Å². The quantitative estimate of drug-likeness (QED) is 0.602. The highest BCUT2D eigenvalue weighted by Crippen LogP contribution is 2.20. The third-order valence-electron chi connectivity index (χ3n) is 3.81. The van der Waals surface area contributed by atoms with Crippen LogP contribution >= 0.6 is 11.3 Å². The molecule has 3 aromatic rings. The fraction of sp³-hybridized carbons (Fsp3) is 0.278. The third-order valence-corrected chi connectivity index (χ3v) is 6.25. The van der Waals surface area contributed by atoms with Crippen LogP contribution in [-0.4, -0.2) is 26.2 Å². The summed E-state index contributed by atoms with van der Waals surface area (Å²) in [6, 6.07) is 10.6. The van der Waals surface area contributed by atoms with Gasteiger partial charge >= 0.3 is 0 Å². The van der Waals surface area contributed by atoms with Gasteiger partial charge < -0.3 is 9.30 Å². The van der Waals surface area contributed by atoms with Gasteiger partial charge in [0.1, 0.15) is 5.82 Å². The molecule has 8 heteroatoms. The molecule has 0 aliphatic rings. The van der Waals surface area contributed by atoms with Gasteiger partial charge in [-0.3, -0.25) is 0 Å². The van der Waals surface area contributed by atoms with Crippen LogP contribution < -0.4 is 4.80 Å². The first kappa shape index (κ1) is 18.8. The number of ether oxygens (including phenoxy) is 1. The molecule has 0 unspecified atom stereocenters. The predicted octanol–water partition coefficient (Wildman–Crippen LogP) is 3.48. The number of halogens is 1. The lowest BCUT2D eigenvalue weighted by molar-refractivity contribution is 0.139. The molecule has 1 aromatic heterocycles. The summed E-state index contributed by atoms with van der Waals surface area (Å²) >= 11 is 1.31. The molecule has 0 bridgehead atoms. The van der Waals surface area contributed by atoms with Gasteiger partial charge in [-0.1, -0.05) is 17.4 Å². The van der Waals surface area contributed by atoms with Crippen LogP contribution in [-0.2, 0) is 21.3 Å². The summed E-state index contributed by atoms with van der Waals surface area (Å²) in [5.74, 6) is -0.493. The Bertz CT molecular complexity index is 1080. The lowest BCUT2D eigenvalue weighted by atomic mass is 10.2. The van der Waals surface area contributed by atoms with E-state index >= 15 is 0 Å². The van der Waals surface area contributed by atoms with Crippen LogP contribution in [0.1, 0.15) is 12.5 Å². The van der Waals surface area contributed by atoms with Gasteiger partial charge in [-0.25, -0.2) is 4.39 Å². The largest absolute Gasteiger partial charge is 0.380 e. The Hall–Kier alpha value is -2.03. The molecule has 26 heavy (non-hydrogen) atoms. The summed E-state index contributed by atoms with van der Waals surface area (Å²) < 4.78 is 50.5. The topological polar surface area (TPSA) is 60.7 Å². The Kier molecular flexibility index (Phi) is 5.55. The molecule has 0 amide bonds. The fourth-order valence-electron chi connectivity index (χ4n) is 2.53. The van der Waals surface area contributed by atoms with Gasteiger partial charge in [-0.15, -0.1) is 4.40 Å². The molecule has 0 fully saturated rings. The van der Waals surface area contributed by atoms with E-state index in [0.29, 0.717) is 24.6 Å². The highest BCUT2D eigenvalue weighted by Gasteiger charge is 2.15. The van der Waals surface area contributed by atoms with E-state index in [4.69, 9.17) is 4.74 Å². The van der Waals surface area contributed by atoms with Gasteiger partial charge in [0.15, 0.2) is 0 Å². The minimum Gasteiger partial charge on any atom is -0.380 e. The normalized spacial score (nSPS) is 12.8. The minimum absolute atomic E-state index is 0.0381. The summed E-state index contributed by atoms with van der Waals surface area (Å²) in [6.07, 6.45) is 0. The Morgan fingerprint density at radius 2 is 1.92 bits per heavy atom. The van der Waals surface area contributed by atoms with Gasteiger partial charge in [0.25, 0.3) is 10.0 Å². The second-order valence-corrected chi connectivity index (χ2v) is 8.34. The molecule has 5 nitrogen and oxygen atoms in total. The molecule has 0 aliphatic carbocycles. The molecule has 0 atom stereocenters. The maximum Gasteiger partial charge on any atom is 0.285 e. The summed E-state index contributed by atoms with van der Waals surface area (Å²) in [5.41, 5.74) is 2.00. The van der Waals surface area contributed by atoms with Gasteiger partial charge in [-0.05, 0) is 55.8 Å². The number of hydrogen-bond acceptors (Lipinski definition) is 4. The van der Waals surface area contributed by atoms with Gasteiger partial charge in [0.05, 0.1) is 21.7 Å². The van der Waals surface area contributed by atoms with Crippen molar-refractivity contribution in [2.24, 2.45) is 4.40 Å². The molecular formula is C18H19FN2O3S2. The fourth-order valence-corrected chi connectivity index (χ4v) is 4.89. The summed E-state index contributed by atoms with van der Waals surface area (Å²) in [6.45, 7) is 5.43. The van der Waals surface area contributed by atoms with E-state index in [1.165, 1.54) is 23.5 Å². The van der Waals surface area contributed by atoms with Crippen LogP contribution in [0.3, 0.4) is 0 Å². The van der Waals surface area contributed by atoms with E-state index in [1.807, 2.05) is 36.6 Å². The van der Waals surface area contributed by atoms with E-state index in [2.05, 4.69) is 4.40 Å². The van der Waals surface area contributed by atoms with Crippen LogP contribution in [0.2, 0.25) is 0 Å². The third kappa shape index (κ3) is 4.03. The van der Waals surface area contributed by atoms with Crippen LogP contribution in [0, 0.1) is 12.7 Å². The number of fused-ring (bicyclic) bond motifs is 1. The Balaban J connectivity index is 2.14. The van der Waals surface area contributed by atoms with E-state index in [1.54, 1.807) is 0 Å². The highest BCUT2D eigenvalue weighted by molar-refractivity contribution is 7.90. The second-order valence-electron chi connectivity index (χ2n) is 5.72. The molecule has 0 aliphatic heterocycles. The second kappa shape index (κ2) is 7.69. The summed E-state index contributed by atoms with van der Waals surface area (Å²) in [4.78, 5) is 0.332. The first-order chi connectivity index (χ1) is 12.4. The predicted molar refractivity (Wildman–Crippen MR) is 100 cm³/mol. The van der Waals surface area contributed by atoms with Crippen molar-refractivity contribution in [1.29, 1.82) is 0 Å². The zero-order valence-corrected chi connectivity index (χ0v) is 16.1. The molecule has 2 aromatic carbocycles. The number of sulfonamides is 1. The maximum atomic E-state index is 13.1. The van der Waals surface area contributed by atoms with E-state index < -0.39 is 15.8 Å². The molecule has 138 valence electrons. The number of rotatable bonds is 6. The molecule has 0 saturated heterocycles. The maximum absolute atomic E-state index is 13.1. The molecule has 1 heterocycles. The Labute approximate surface area is 155 Å². The van der Waals surface area contributed by atoms with Crippen molar-refractivity contribution in [2.75, 3.05) is 13.2 Å². The summed E-state index contributed by atoms with van der Waals surface area (Å²) in [7, 11) is -3.93. The van der Waals surface area contributed by atoms with Crippen LogP contribution in [0.5, 0.6) is 0 Å². The SMILES string of the molecule is CCOCCn1/c(=N/S(=O)(=O)c2ccc(F)cc2)sc2cc(C)ccc21. The zero-order valence-electron chi connectivity index (χ0n) is 14.5. The first-order valence-corrected chi connectivity index (χ1v) is 10.4. The standard InChI is InChI=1S/C18H19FN2O3S2/c1-3-24-11-10-21-16-9-4-13(2)12-17(16)25-18(21)20-26(22,23)15-7-5-14(19)6-8-15/h4-9,12H,3,10-11H2,1-2H3/b20-18-. The van der Waals surface area contributed by atoms with Crippen molar-refractivity contribution in [3.63, 3.8) is 0 Å². The monoisotopic (exact) mass is 394 g/mol. The van der Waals surface area contributed by atoms with Crippen LogP contribution in [0.15, 0.2) is 51.8 Å². The lowest BCUT2D eigenvalue weighted by Crippen LogP contribution is -2.19. The average molecular weight is 394 g/mol. The molecular weight excluding hydrogens is 375 g/mol. The van der Waals surface area contributed by atoms with E-state index in [0.717, 1.165) is 27.9 Å². The molecule has 0 spiro atoms. The number of thiazole rings is 1.